The third-order valence-electron chi connectivity index (χ3n) is 7.81. The van der Waals surface area contributed by atoms with Gasteiger partial charge in [0.2, 0.25) is 0 Å². The molecule has 3 aromatic rings. The molecule has 2 aliphatic rings. The number of rotatable bonds is 8. The molecule has 1 aliphatic heterocycles. The van der Waals surface area contributed by atoms with Crippen molar-refractivity contribution in [3.63, 3.8) is 0 Å². The standard InChI is InChI=1S/C29H36N2O3/c32-29(33)25-11-5-7-13-28(25)34-19-18-30-16-14-23(15-17-30)26-21-31(20-22-8-2-1-3-9-22)27-12-6-4-10-24(26)27/h4-7,10-13,21-23H,1-3,8-9,14-20H2,(H,32,33). The van der Waals surface area contributed by atoms with Crippen molar-refractivity contribution in [2.24, 2.45) is 5.92 Å². The first-order valence-electron chi connectivity index (χ1n) is 12.9. The van der Waals surface area contributed by atoms with Gasteiger partial charge in [-0.05, 0) is 74.4 Å². The number of likely N-dealkylation sites (tertiary alicyclic amines) is 1. The Morgan fingerprint density at radius 2 is 1.68 bits per heavy atom. The van der Waals surface area contributed by atoms with Crippen LogP contribution in [0.2, 0.25) is 0 Å². The van der Waals surface area contributed by atoms with Gasteiger partial charge in [-0.15, -0.1) is 0 Å². The Bertz CT molecular complexity index is 1110. The lowest BCUT2D eigenvalue weighted by Gasteiger charge is -2.31. The number of hydrogen-bond acceptors (Lipinski definition) is 3. The highest BCUT2D eigenvalue weighted by atomic mass is 16.5. The highest BCUT2D eigenvalue weighted by molar-refractivity contribution is 5.90. The van der Waals surface area contributed by atoms with Crippen molar-refractivity contribution >= 4 is 16.9 Å². The first-order chi connectivity index (χ1) is 16.7. The lowest BCUT2D eigenvalue weighted by molar-refractivity contribution is 0.0691. The van der Waals surface area contributed by atoms with Crippen LogP contribution in [0.1, 0.15) is 66.8 Å². The molecular formula is C29H36N2O3. The molecule has 1 aromatic heterocycles. The van der Waals surface area contributed by atoms with Gasteiger partial charge in [-0.25, -0.2) is 4.79 Å². The van der Waals surface area contributed by atoms with Crippen LogP contribution in [-0.4, -0.2) is 46.8 Å². The van der Waals surface area contributed by atoms with Gasteiger partial charge < -0.3 is 14.4 Å². The van der Waals surface area contributed by atoms with Gasteiger partial charge >= 0.3 is 5.97 Å². The van der Waals surface area contributed by atoms with Gasteiger partial charge in [0.25, 0.3) is 0 Å². The van der Waals surface area contributed by atoms with Crippen LogP contribution in [-0.2, 0) is 6.54 Å². The summed E-state index contributed by atoms with van der Waals surface area (Å²) in [6.45, 7) is 4.60. The molecular weight excluding hydrogens is 424 g/mol. The van der Waals surface area contributed by atoms with Crippen LogP contribution in [0.5, 0.6) is 5.75 Å². The third kappa shape index (κ3) is 5.15. The highest BCUT2D eigenvalue weighted by Gasteiger charge is 2.24. The van der Waals surface area contributed by atoms with Crippen molar-refractivity contribution in [1.29, 1.82) is 0 Å². The highest BCUT2D eigenvalue weighted by Crippen LogP contribution is 2.36. The van der Waals surface area contributed by atoms with E-state index in [0.29, 0.717) is 18.3 Å². The van der Waals surface area contributed by atoms with Crippen LogP contribution in [0.3, 0.4) is 0 Å². The molecule has 5 nitrogen and oxygen atoms in total. The Morgan fingerprint density at radius 3 is 2.47 bits per heavy atom. The van der Waals surface area contributed by atoms with E-state index in [4.69, 9.17) is 4.74 Å². The second kappa shape index (κ2) is 10.6. The van der Waals surface area contributed by atoms with Crippen molar-refractivity contribution in [1.82, 2.24) is 9.47 Å². The Labute approximate surface area is 202 Å². The molecule has 1 aliphatic carbocycles. The number of aromatic carboxylic acids is 1. The number of hydrogen-bond donors (Lipinski definition) is 1. The minimum atomic E-state index is -0.945. The molecule has 0 radical (unpaired) electrons. The molecule has 0 unspecified atom stereocenters. The van der Waals surface area contributed by atoms with Gasteiger partial charge in [0.15, 0.2) is 0 Å². The summed E-state index contributed by atoms with van der Waals surface area (Å²) in [5, 5.41) is 10.8. The zero-order chi connectivity index (χ0) is 23.3. The van der Waals surface area contributed by atoms with Gasteiger partial charge in [0, 0.05) is 30.2 Å². The van der Waals surface area contributed by atoms with Gasteiger partial charge in [-0.1, -0.05) is 49.6 Å². The molecule has 0 atom stereocenters. The zero-order valence-electron chi connectivity index (χ0n) is 20.0. The molecule has 0 spiro atoms. The second-order valence-corrected chi connectivity index (χ2v) is 10.0. The van der Waals surface area contributed by atoms with Gasteiger partial charge in [0.1, 0.15) is 17.9 Å². The molecule has 2 aromatic carbocycles. The molecule has 2 fully saturated rings. The summed E-state index contributed by atoms with van der Waals surface area (Å²) in [6.07, 6.45) is 11.7. The third-order valence-corrected chi connectivity index (χ3v) is 7.81. The Hall–Kier alpha value is -2.79. The summed E-state index contributed by atoms with van der Waals surface area (Å²) < 4.78 is 8.36. The lowest BCUT2D eigenvalue weighted by atomic mass is 9.89. The van der Waals surface area contributed by atoms with Crippen LogP contribution in [0.15, 0.2) is 54.7 Å². The molecule has 180 valence electrons. The van der Waals surface area contributed by atoms with Gasteiger partial charge in [-0.3, -0.25) is 4.90 Å². The minimum absolute atomic E-state index is 0.228. The summed E-state index contributed by atoms with van der Waals surface area (Å²) >= 11 is 0. The van der Waals surface area contributed by atoms with Crippen LogP contribution in [0.25, 0.3) is 10.9 Å². The predicted octanol–water partition coefficient (Wildman–Crippen LogP) is 6.18. The smallest absolute Gasteiger partial charge is 0.339 e. The number of carbonyl (C=O) groups is 1. The number of fused-ring (bicyclic) bond motifs is 1. The van der Waals surface area contributed by atoms with E-state index >= 15 is 0 Å². The average molecular weight is 461 g/mol. The van der Waals surface area contributed by atoms with Gasteiger partial charge in [-0.2, -0.15) is 0 Å². The zero-order valence-corrected chi connectivity index (χ0v) is 20.0. The number of carboxylic acid groups (broad SMARTS) is 1. The van der Waals surface area contributed by atoms with E-state index in [2.05, 4.69) is 39.9 Å². The fourth-order valence-electron chi connectivity index (χ4n) is 5.92. The number of aromatic nitrogens is 1. The molecule has 1 N–H and O–H groups in total. The summed E-state index contributed by atoms with van der Waals surface area (Å²) in [5.74, 6) is 0.933. The van der Waals surface area contributed by atoms with E-state index in [-0.39, 0.29) is 5.56 Å². The van der Waals surface area contributed by atoms with Gasteiger partial charge in [0.05, 0.1) is 0 Å². The van der Waals surface area contributed by atoms with Crippen molar-refractivity contribution in [3.8, 4) is 5.75 Å². The van der Waals surface area contributed by atoms with E-state index in [0.717, 1.165) is 44.9 Å². The van der Waals surface area contributed by atoms with Crippen LogP contribution < -0.4 is 4.74 Å². The van der Waals surface area contributed by atoms with Crippen molar-refractivity contribution < 1.29 is 14.6 Å². The number of piperidine rings is 1. The SMILES string of the molecule is O=C(O)c1ccccc1OCCN1CCC(c2cn(CC3CCCCC3)c3ccccc23)CC1. The quantitative estimate of drug-likeness (QED) is 0.436. The van der Waals surface area contributed by atoms with Crippen LogP contribution >= 0.6 is 0 Å². The summed E-state index contributed by atoms with van der Waals surface area (Å²) in [5.41, 5.74) is 3.15. The first-order valence-corrected chi connectivity index (χ1v) is 12.9. The number of carboxylic acids is 1. The van der Waals surface area contributed by atoms with E-state index in [1.165, 1.54) is 48.6 Å². The number of para-hydroxylation sites is 2. The second-order valence-electron chi connectivity index (χ2n) is 10.0. The molecule has 1 saturated heterocycles. The summed E-state index contributed by atoms with van der Waals surface area (Å²) in [6, 6.07) is 15.8. The Morgan fingerprint density at radius 1 is 0.941 bits per heavy atom. The van der Waals surface area contributed by atoms with Crippen LogP contribution in [0, 0.1) is 5.92 Å². The largest absolute Gasteiger partial charge is 0.491 e. The lowest BCUT2D eigenvalue weighted by Crippen LogP contribution is -2.35. The fraction of sp³-hybridized carbons (Fsp3) is 0.483. The van der Waals surface area contributed by atoms with E-state index in [1.54, 1.807) is 18.2 Å². The first kappa shape index (κ1) is 23.0. The van der Waals surface area contributed by atoms with Crippen molar-refractivity contribution in [3.05, 3.63) is 65.9 Å². The number of benzene rings is 2. The normalized spacial score (nSPS) is 18.4. The maximum atomic E-state index is 11.4. The molecule has 0 amide bonds. The topological polar surface area (TPSA) is 54.7 Å². The molecule has 5 rings (SSSR count). The van der Waals surface area contributed by atoms with Crippen LogP contribution in [0.4, 0.5) is 0 Å². The summed E-state index contributed by atoms with van der Waals surface area (Å²) in [4.78, 5) is 13.8. The molecule has 0 bridgehead atoms. The average Bonchev–Trinajstić information content (AvgIpc) is 3.24. The fourth-order valence-corrected chi connectivity index (χ4v) is 5.92. The van der Waals surface area contributed by atoms with E-state index < -0.39 is 5.97 Å². The monoisotopic (exact) mass is 460 g/mol. The Kier molecular flexibility index (Phi) is 7.19. The maximum Gasteiger partial charge on any atom is 0.339 e. The molecule has 34 heavy (non-hydrogen) atoms. The molecule has 5 heteroatoms. The number of ether oxygens (including phenoxy) is 1. The van der Waals surface area contributed by atoms with E-state index in [1.807, 2.05) is 6.07 Å². The molecule has 1 saturated carbocycles. The summed E-state index contributed by atoms with van der Waals surface area (Å²) in [7, 11) is 0. The Balaban J connectivity index is 1.19. The van der Waals surface area contributed by atoms with Crippen molar-refractivity contribution in [2.75, 3.05) is 26.2 Å². The maximum absolute atomic E-state index is 11.4. The molecule has 2 heterocycles. The minimum Gasteiger partial charge on any atom is -0.491 e. The number of nitrogens with zero attached hydrogens (tertiary/aromatic N) is 2. The van der Waals surface area contributed by atoms with Crippen molar-refractivity contribution in [2.45, 2.75) is 57.4 Å². The predicted molar refractivity (Wildman–Crippen MR) is 136 cm³/mol. The van der Waals surface area contributed by atoms with E-state index in [9.17, 15) is 9.90 Å².